The molecule has 0 atom stereocenters. The summed E-state index contributed by atoms with van der Waals surface area (Å²) >= 11 is 0. The molecule has 0 unspecified atom stereocenters. The molecule has 0 bridgehead atoms. The van der Waals surface area contributed by atoms with E-state index >= 15 is 0 Å². The van der Waals surface area contributed by atoms with Crippen LogP contribution in [0.2, 0.25) is 0 Å². The fraction of sp³-hybridized carbons (Fsp3) is 0.421. The van der Waals surface area contributed by atoms with Gasteiger partial charge in [-0.15, -0.1) is 0 Å². The van der Waals surface area contributed by atoms with Crippen molar-refractivity contribution in [2.45, 2.75) is 13.3 Å². The maximum Gasteiger partial charge on any atom is 0.241 e. The first kappa shape index (κ1) is 16.0. The number of carbonyl (C=O) groups is 1. The number of anilines is 2. The minimum atomic E-state index is 0.205. The molecular formula is C19H23N5O. The summed E-state index contributed by atoms with van der Waals surface area (Å²) in [5, 5.41) is 0. The molecule has 4 rings (SSSR count). The molecule has 3 heterocycles. The molecule has 1 fully saturated rings. The largest absolute Gasteiger partial charge is 0.354 e. The SMILES string of the molecule is Cc1cc(N2CCN(CC(=O)N3CCc4ccccc43)CC2)ncn1. The molecule has 0 spiro atoms. The summed E-state index contributed by atoms with van der Waals surface area (Å²) in [5.74, 6) is 1.18. The van der Waals surface area contributed by atoms with Crippen molar-refractivity contribution in [3.8, 4) is 0 Å². The van der Waals surface area contributed by atoms with Gasteiger partial charge in [-0.2, -0.15) is 0 Å². The number of hydrogen-bond donors (Lipinski definition) is 0. The van der Waals surface area contributed by atoms with E-state index in [2.05, 4.69) is 31.9 Å². The van der Waals surface area contributed by atoms with Gasteiger partial charge in [-0.1, -0.05) is 18.2 Å². The molecule has 1 aromatic carbocycles. The van der Waals surface area contributed by atoms with Gasteiger partial charge in [0.15, 0.2) is 0 Å². The molecule has 6 heteroatoms. The monoisotopic (exact) mass is 337 g/mol. The summed E-state index contributed by atoms with van der Waals surface area (Å²) < 4.78 is 0. The lowest BCUT2D eigenvalue weighted by molar-refractivity contribution is -0.119. The van der Waals surface area contributed by atoms with E-state index < -0.39 is 0 Å². The van der Waals surface area contributed by atoms with E-state index in [9.17, 15) is 4.79 Å². The Bertz CT molecular complexity index is 770. The first-order chi connectivity index (χ1) is 12.2. The number of amides is 1. The van der Waals surface area contributed by atoms with Gasteiger partial charge in [0.2, 0.25) is 5.91 Å². The van der Waals surface area contributed by atoms with Gasteiger partial charge < -0.3 is 9.80 Å². The zero-order chi connectivity index (χ0) is 17.2. The molecule has 0 radical (unpaired) electrons. The van der Waals surface area contributed by atoms with Crippen molar-refractivity contribution >= 4 is 17.4 Å². The molecule has 2 aliphatic rings. The molecule has 0 aliphatic carbocycles. The summed E-state index contributed by atoms with van der Waals surface area (Å²) in [5.41, 5.74) is 3.35. The Morgan fingerprint density at radius 3 is 2.68 bits per heavy atom. The van der Waals surface area contributed by atoms with Gasteiger partial charge in [-0.05, 0) is 25.0 Å². The third-order valence-corrected chi connectivity index (χ3v) is 5.03. The summed E-state index contributed by atoms with van der Waals surface area (Å²) in [6.07, 6.45) is 2.58. The Labute approximate surface area is 148 Å². The van der Waals surface area contributed by atoms with Gasteiger partial charge in [0, 0.05) is 50.2 Å². The number of hydrogen-bond acceptors (Lipinski definition) is 5. The Balaban J connectivity index is 1.34. The molecule has 1 amide bonds. The van der Waals surface area contributed by atoms with E-state index in [1.807, 2.05) is 30.0 Å². The van der Waals surface area contributed by atoms with Gasteiger partial charge >= 0.3 is 0 Å². The average Bonchev–Trinajstić information content (AvgIpc) is 3.06. The summed E-state index contributed by atoms with van der Waals surface area (Å²) in [6, 6.07) is 10.2. The van der Waals surface area contributed by atoms with E-state index in [1.54, 1.807) is 6.33 Å². The van der Waals surface area contributed by atoms with Crippen LogP contribution >= 0.6 is 0 Å². The minimum absolute atomic E-state index is 0.205. The highest BCUT2D eigenvalue weighted by Crippen LogP contribution is 2.27. The third-order valence-electron chi connectivity index (χ3n) is 5.03. The van der Waals surface area contributed by atoms with Gasteiger partial charge in [-0.25, -0.2) is 9.97 Å². The highest BCUT2D eigenvalue weighted by molar-refractivity contribution is 5.96. The molecule has 130 valence electrons. The van der Waals surface area contributed by atoms with Crippen molar-refractivity contribution < 1.29 is 4.79 Å². The van der Waals surface area contributed by atoms with Crippen LogP contribution in [0.4, 0.5) is 11.5 Å². The van der Waals surface area contributed by atoms with Crippen molar-refractivity contribution in [2.24, 2.45) is 0 Å². The Morgan fingerprint density at radius 1 is 1.08 bits per heavy atom. The molecule has 2 aliphatic heterocycles. The number of nitrogens with zero attached hydrogens (tertiary/aromatic N) is 5. The second-order valence-corrected chi connectivity index (χ2v) is 6.70. The number of para-hydroxylation sites is 1. The molecular weight excluding hydrogens is 314 g/mol. The van der Waals surface area contributed by atoms with Crippen LogP contribution in [-0.2, 0) is 11.2 Å². The zero-order valence-electron chi connectivity index (χ0n) is 14.6. The van der Waals surface area contributed by atoms with Crippen LogP contribution in [0.3, 0.4) is 0 Å². The van der Waals surface area contributed by atoms with E-state index in [0.717, 1.165) is 56.3 Å². The van der Waals surface area contributed by atoms with Crippen LogP contribution in [0, 0.1) is 6.92 Å². The fourth-order valence-corrected chi connectivity index (χ4v) is 3.62. The van der Waals surface area contributed by atoms with Crippen molar-refractivity contribution in [1.82, 2.24) is 14.9 Å². The molecule has 1 aromatic heterocycles. The lowest BCUT2D eigenvalue weighted by Gasteiger charge is -2.35. The molecule has 6 nitrogen and oxygen atoms in total. The van der Waals surface area contributed by atoms with Crippen molar-refractivity contribution in [2.75, 3.05) is 49.1 Å². The molecule has 1 saturated heterocycles. The Kier molecular flexibility index (Phi) is 4.36. The first-order valence-electron chi connectivity index (χ1n) is 8.85. The summed E-state index contributed by atoms with van der Waals surface area (Å²) in [7, 11) is 0. The van der Waals surface area contributed by atoms with Crippen LogP contribution in [0.5, 0.6) is 0 Å². The van der Waals surface area contributed by atoms with E-state index in [0.29, 0.717) is 6.54 Å². The smallest absolute Gasteiger partial charge is 0.241 e. The predicted molar refractivity (Wildman–Crippen MR) is 97.9 cm³/mol. The number of carbonyl (C=O) groups excluding carboxylic acids is 1. The number of fused-ring (bicyclic) bond motifs is 1. The Hall–Kier alpha value is -2.47. The van der Waals surface area contributed by atoms with E-state index in [4.69, 9.17) is 0 Å². The van der Waals surface area contributed by atoms with Gasteiger partial charge in [0.05, 0.1) is 6.54 Å². The van der Waals surface area contributed by atoms with Crippen molar-refractivity contribution in [1.29, 1.82) is 0 Å². The van der Waals surface area contributed by atoms with Crippen LogP contribution in [0.1, 0.15) is 11.3 Å². The number of rotatable bonds is 3. The molecule has 0 N–H and O–H groups in total. The van der Waals surface area contributed by atoms with Gasteiger partial charge in [0.25, 0.3) is 0 Å². The second kappa shape index (κ2) is 6.80. The van der Waals surface area contributed by atoms with Crippen LogP contribution in [0.15, 0.2) is 36.7 Å². The quantitative estimate of drug-likeness (QED) is 0.849. The first-order valence-corrected chi connectivity index (χ1v) is 8.85. The number of piperazine rings is 1. The Morgan fingerprint density at radius 2 is 1.88 bits per heavy atom. The number of aromatic nitrogens is 2. The lowest BCUT2D eigenvalue weighted by Crippen LogP contribution is -2.50. The minimum Gasteiger partial charge on any atom is -0.354 e. The van der Waals surface area contributed by atoms with E-state index in [-0.39, 0.29) is 5.91 Å². The van der Waals surface area contributed by atoms with Crippen molar-refractivity contribution in [3.63, 3.8) is 0 Å². The standard InChI is InChI=1S/C19H23N5O/c1-15-12-18(21-14-20-15)23-10-8-22(9-11-23)13-19(25)24-7-6-16-4-2-3-5-17(16)24/h2-5,12,14H,6-11,13H2,1H3. The second-order valence-electron chi connectivity index (χ2n) is 6.70. The molecule has 25 heavy (non-hydrogen) atoms. The van der Waals surface area contributed by atoms with Gasteiger partial charge in [-0.3, -0.25) is 9.69 Å². The van der Waals surface area contributed by atoms with Crippen LogP contribution in [-0.4, -0.2) is 60.0 Å². The van der Waals surface area contributed by atoms with E-state index in [1.165, 1.54) is 5.56 Å². The summed E-state index contributed by atoms with van der Waals surface area (Å²) in [4.78, 5) is 27.7. The molecule has 0 saturated carbocycles. The highest BCUT2D eigenvalue weighted by Gasteiger charge is 2.27. The van der Waals surface area contributed by atoms with Crippen LogP contribution in [0.25, 0.3) is 0 Å². The fourth-order valence-electron chi connectivity index (χ4n) is 3.62. The topological polar surface area (TPSA) is 52.6 Å². The maximum absolute atomic E-state index is 12.7. The number of aryl methyl sites for hydroxylation is 1. The van der Waals surface area contributed by atoms with Gasteiger partial charge in [0.1, 0.15) is 12.1 Å². The number of benzene rings is 1. The third kappa shape index (κ3) is 3.35. The van der Waals surface area contributed by atoms with Crippen LogP contribution < -0.4 is 9.80 Å². The predicted octanol–water partition coefficient (Wildman–Crippen LogP) is 1.50. The van der Waals surface area contributed by atoms with Crippen molar-refractivity contribution in [3.05, 3.63) is 47.9 Å². The molecule has 2 aromatic rings. The average molecular weight is 337 g/mol. The normalized spacial score (nSPS) is 17.6. The summed E-state index contributed by atoms with van der Waals surface area (Å²) in [6.45, 7) is 6.81. The lowest BCUT2D eigenvalue weighted by atomic mass is 10.2. The maximum atomic E-state index is 12.7. The zero-order valence-corrected chi connectivity index (χ0v) is 14.6. The highest BCUT2D eigenvalue weighted by atomic mass is 16.2.